The van der Waals surface area contributed by atoms with E-state index in [1.54, 1.807) is 11.9 Å². The van der Waals surface area contributed by atoms with E-state index in [9.17, 15) is 18.0 Å². The highest BCUT2D eigenvalue weighted by molar-refractivity contribution is 14.0. The van der Waals surface area contributed by atoms with E-state index in [0.717, 1.165) is 5.69 Å². The molecule has 0 saturated carbocycles. The zero-order chi connectivity index (χ0) is 21.7. The van der Waals surface area contributed by atoms with Crippen LogP contribution in [0.5, 0.6) is 5.75 Å². The normalized spacial score (nSPS) is 18.7. The Morgan fingerprint density at radius 2 is 1.90 bits per heavy atom. The van der Waals surface area contributed by atoms with Gasteiger partial charge in [0.25, 0.3) is 5.91 Å². The zero-order valence-electron chi connectivity index (χ0n) is 17.7. The third-order valence-electron chi connectivity index (χ3n) is 5.50. The lowest BCUT2D eigenvalue weighted by atomic mass is 10.2. The Kier molecular flexibility index (Phi) is 9.22. The van der Waals surface area contributed by atoms with E-state index in [1.165, 1.54) is 11.8 Å². The molecule has 1 amide bonds. The third kappa shape index (κ3) is 6.37. The molecule has 7 nitrogen and oxygen atoms in total. The summed E-state index contributed by atoms with van der Waals surface area (Å²) in [6.07, 6.45) is -3.51. The van der Waals surface area contributed by atoms with Gasteiger partial charge in [-0.1, -0.05) is 12.1 Å². The number of benzene rings is 1. The molecule has 2 aliphatic heterocycles. The molecule has 2 aliphatic rings. The SMILES string of the molecule is CN=C(NCCCN1C(=O)COc2ccccc21)N1CCN(C(C)C(F)(F)F)CC1.I. The Morgan fingerprint density at radius 3 is 2.55 bits per heavy atom. The Labute approximate surface area is 197 Å². The molecule has 0 spiro atoms. The van der Waals surface area contributed by atoms with E-state index in [0.29, 0.717) is 57.4 Å². The first-order valence-corrected chi connectivity index (χ1v) is 10.1. The van der Waals surface area contributed by atoms with Crippen LogP contribution in [-0.4, -0.2) is 86.8 Å². The minimum absolute atomic E-state index is 0. The van der Waals surface area contributed by atoms with Gasteiger partial charge in [0.1, 0.15) is 11.8 Å². The molecule has 0 aliphatic carbocycles. The second kappa shape index (κ2) is 11.2. The number of hydrogen-bond donors (Lipinski definition) is 1. The molecule has 1 aromatic carbocycles. The average molecular weight is 555 g/mol. The maximum Gasteiger partial charge on any atom is 0.403 e. The smallest absolute Gasteiger partial charge is 0.403 e. The summed E-state index contributed by atoms with van der Waals surface area (Å²) >= 11 is 0. The summed E-state index contributed by atoms with van der Waals surface area (Å²) in [5.41, 5.74) is 0.771. The van der Waals surface area contributed by atoms with Crippen molar-refractivity contribution in [2.24, 2.45) is 4.99 Å². The van der Waals surface area contributed by atoms with Crippen molar-refractivity contribution in [3.05, 3.63) is 24.3 Å². The lowest BCUT2D eigenvalue weighted by molar-refractivity contribution is -0.181. The maximum atomic E-state index is 12.9. The summed E-state index contributed by atoms with van der Waals surface area (Å²) in [5.74, 6) is 1.29. The standard InChI is InChI=1S/C20H28F3N5O2.HI/c1-15(20(21,22)23)26-10-12-27(13-11-26)19(24-2)25-8-5-9-28-16-6-3-4-7-17(16)30-14-18(28)29;/h3-4,6-7,15H,5,8-14H2,1-2H3,(H,24,25);1H. The molecule has 2 heterocycles. The molecule has 1 saturated heterocycles. The van der Waals surface area contributed by atoms with Crippen LogP contribution in [0.2, 0.25) is 0 Å². The summed E-state index contributed by atoms with van der Waals surface area (Å²) in [7, 11) is 1.66. The number of carbonyl (C=O) groups is 1. The van der Waals surface area contributed by atoms with Crippen LogP contribution in [0.1, 0.15) is 13.3 Å². The molecular formula is C20H29F3IN5O2. The van der Waals surface area contributed by atoms with Crippen molar-refractivity contribution >= 4 is 41.5 Å². The van der Waals surface area contributed by atoms with E-state index in [2.05, 4.69) is 10.3 Å². The number of piperazine rings is 1. The number of aliphatic imine (C=N–C) groups is 1. The number of para-hydroxylation sites is 2. The first-order valence-electron chi connectivity index (χ1n) is 10.1. The molecule has 0 bridgehead atoms. The highest BCUT2D eigenvalue weighted by atomic mass is 127. The predicted molar refractivity (Wildman–Crippen MR) is 124 cm³/mol. The van der Waals surface area contributed by atoms with Gasteiger partial charge < -0.3 is 19.9 Å². The van der Waals surface area contributed by atoms with Gasteiger partial charge in [0.2, 0.25) is 0 Å². The number of guanidine groups is 1. The van der Waals surface area contributed by atoms with Gasteiger partial charge in [-0.3, -0.25) is 14.7 Å². The molecule has 1 N–H and O–H groups in total. The molecular weight excluding hydrogens is 526 g/mol. The van der Waals surface area contributed by atoms with Crippen LogP contribution in [-0.2, 0) is 4.79 Å². The van der Waals surface area contributed by atoms with Crippen molar-refractivity contribution in [3.63, 3.8) is 0 Å². The van der Waals surface area contributed by atoms with E-state index in [-0.39, 0.29) is 36.5 Å². The predicted octanol–water partition coefficient (Wildman–Crippen LogP) is 2.56. The molecule has 3 rings (SSSR count). The molecule has 0 radical (unpaired) electrons. The van der Waals surface area contributed by atoms with Gasteiger partial charge in [-0.25, -0.2) is 0 Å². The van der Waals surface area contributed by atoms with Crippen LogP contribution in [0.15, 0.2) is 29.3 Å². The van der Waals surface area contributed by atoms with E-state index < -0.39 is 12.2 Å². The quantitative estimate of drug-likeness (QED) is 0.262. The van der Waals surface area contributed by atoms with Crippen molar-refractivity contribution in [2.45, 2.75) is 25.6 Å². The first kappa shape index (κ1) is 25.5. The van der Waals surface area contributed by atoms with Crippen molar-refractivity contribution in [3.8, 4) is 5.75 Å². The van der Waals surface area contributed by atoms with Gasteiger partial charge in [0, 0.05) is 46.3 Å². The van der Waals surface area contributed by atoms with Crippen molar-refractivity contribution in [1.82, 2.24) is 15.1 Å². The highest BCUT2D eigenvalue weighted by Crippen LogP contribution is 2.31. The van der Waals surface area contributed by atoms with Crippen molar-refractivity contribution < 1.29 is 22.7 Å². The van der Waals surface area contributed by atoms with Gasteiger partial charge in [-0.05, 0) is 25.5 Å². The Bertz CT molecular complexity index is 769. The van der Waals surface area contributed by atoms with Crippen molar-refractivity contribution in [2.75, 3.05) is 57.8 Å². The summed E-state index contributed by atoms with van der Waals surface area (Å²) < 4.78 is 44.2. The highest BCUT2D eigenvalue weighted by Gasteiger charge is 2.41. The molecule has 1 unspecified atom stereocenters. The molecule has 174 valence electrons. The first-order chi connectivity index (χ1) is 14.3. The second-order valence-electron chi connectivity index (χ2n) is 7.37. The summed E-state index contributed by atoms with van der Waals surface area (Å²) in [5, 5.41) is 3.26. The Hall–Kier alpha value is -1.76. The number of alkyl halides is 3. The average Bonchev–Trinajstić information content (AvgIpc) is 2.74. The number of hydrogen-bond acceptors (Lipinski definition) is 4. The second-order valence-corrected chi connectivity index (χ2v) is 7.37. The van der Waals surface area contributed by atoms with Crippen LogP contribution >= 0.6 is 24.0 Å². The lowest BCUT2D eigenvalue weighted by Gasteiger charge is -2.39. The molecule has 11 heteroatoms. The molecule has 1 atom stereocenters. The summed E-state index contributed by atoms with van der Waals surface area (Å²) in [6, 6.07) is 6.00. The lowest BCUT2D eigenvalue weighted by Crippen LogP contribution is -2.56. The van der Waals surface area contributed by atoms with Gasteiger partial charge >= 0.3 is 6.18 Å². The van der Waals surface area contributed by atoms with Crippen molar-refractivity contribution in [1.29, 1.82) is 0 Å². The maximum absolute atomic E-state index is 12.9. The van der Waals surface area contributed by atoms with E-state index in [4.69, 9.17) is 4.74 Å². The number of carbonyl (C=O) groups excluding carboxylic acids is 1. The van der Waals surface area contributed by atoms with Crippen LogP contribution < -0.4 is 15.0 Å². The molecule has 1 fully saturated rings. The van der Waals surface area contributed by atoms with Gasteiger partial charge in [0.05, 0.1) is 5.69 Å². The number of ether oxygens (including phenoxy) is 1. The topological polar surface area (TPSA) is 60.4 Å². The van der Waals surface area contributed by atoms with Gasteiger partial charge in [0.15, 0.2) is 12.6 Å². The minimum atomic E-state index is -4.21. The van der Waals surface area contributed by atoms with E-state index in [1.807, 2.05) is 29.2 Å². The number of nitrogens with zero attached hydrogens (tertiary/aromatic N) is 4. The molecule has 0 aromatic heterocycles. The van der Waals surface area contributed by atoms with Crippen LogP contribution in [0.25, 0.3) is 0 Å². The number of amides is 1. The van der Waals surface area contributed by atoms with Crippen LogP contribution in [0.3, 0.4) is 0 Å². The third-order valence-corrected chi connectivity index (χ3v) is 5.50. The summed E-state index contributed by atoms with van der Waals surface area (Å²) in [4.78, 5) is 21.6. The monoisotopic (exact) mass is 555 g/mol. The summed E-state index contributed by atoms with van der Waals surface area (Å²) in [6.45, 7) is 4.00. The number of nitrogens with one attached hydrogen (secondary N) is 1. The van der Waals surface area contributed by atoms with Gasteiger partial charge in [-0.2, -0.15) is 13.2 Å². The zero-order valence-corrected chi connectivity index (χ0v) is 20.0. The fourth-order valence-corrected chi connectivity index (χ4v) is 3.70. The molecule has 1 aromatic rings. The Morgan fingerprint density at radius 1 is 1.23 bits per heavy atom. The minimum Gasteiger partial charge on any atom is -0.482 e. The number of anilines is 1. The number of rotatable bonds is 5. The Balaban J connectivity index is 0.00000341. The van der Waals surface area contributed by atoms with E-state index >= 15 is 0 Å². The molecule has 31 heavy (non-hydrogen) atoms. The van der Waals surface area contributed by atoms with Crippen LogP contribution in [0.4, 0.5) is 18.9 Å². The van der Waals surface area contributed by atoms with Gasteiger partial charge in [-0.15, -0.1) is 24.0 Å². The fraction of sp³-hybridized carbons (Fsp3) is 0.600. The number of halogens is 4. The largest absolute Gasteiger partial charge is 0.482 e. The van der Waals surface area contributed by atoms with Crippen LogP contribution in [0, 0.1) is 0 Å². The fourth-order valence-electron chi connectivity index (χ4n) is 3.70. The number of fused-ring (bicyclic) bond motifs is 1.